The van der Waals surface area contributed by atoms with E-state index in [9.17, 15) is 17.4 Å². The number of phenolic OH excluding ortho intramolecular Hbond substituents is 2. The number of hydrogen-bond acceptors (Lipinski definition) is 4. The van der Waals surface area contributed by atoms with E-state index in [1.807, 2.05) is 0 Å². The van der Waals surface area contributed by atoms with Crippen molar-refractivity contribution in [3.8, 4) is 11.5 Å². The Morgan fingerprint density at radius 2 is 1.45 bits per heavy atom. The Morgan fingerprint density at radius 3 is 2.05 bits per heavy atom. The lowest BCUT2D eigenvalue weighted by Crippen LogP contribution is -1.92. The summed E-state index contributed by atoms with van der Waals surface area (Å²) in [5, 5.41) is 18.5. The van der Waals surface area contributed by atoms with Crippen molar-refractivity contribution in [3.05, 3.63) is 53.6 Å². The van der Waals surface area contributed by atoms with Crippen molar-refractivity contribution in [1.29, 1.82) is 0 Å². The van der Waals surface area contributed by atoms with Crippen molar-refractivity contribution < 1.29 is 22.5 Å². The van der Waals surface area contributed by atoms with E-state index in [2.05, 4.69) is 0 Å². The van der Waals surface area contributed by atoms with Crippen LogP contribution in [0.4, 0.5) is 3.89 Å². The van der Waals surface area contributed by atoms with Crippen LogP contribution in [0.25, 0.3) is 12.2 Å². The van der Waals surface area contributed by atoms with E-state index in [1.54, 1.807) is 18.2 Å². The summed E-state index contributed by atoms with van der Waals surface area (Å²) < 4.78 is 34.5. The zero-order chi connectivity index (χ0) is 14.8. The summed E-state index contributed by atoms with van der Waals surface area (Å²) in [6.07, 6.45) is 3.17. The molecule has 4 nitrogen and oxygen atoms in total. The molecular formula is C14H11FO4S. The van der Waals surface area contributed by atoms with Gasteiger partial charge in [-0.2, -0.15) is 8.42 Å². The van der Waals surface area contributed by atoms with E-state index in [-0.39, 0.29) is 11.5 Å². The van der Waals surface area contributed by atoms with Gasteiger partial charge in [0.15, 0.2) is 0 Å². The maximum Gasteiger partial charge on any atom is 0.332 e. The SMILES string of the molecule is O=S(=O)(F)c1cc(O)cc(/C=C/c2ccc(O)cc2)c1. The molecule has 0 spiro atoms. The first-order chi connectivity index (χ1) is 9.34. The van der Waals surface area contributed by atoms with Gasteiger partial charge in [0.25, 0.3) is 0 Å². The lowest BCUT2D eigenvalue weighted by Gasteiger charge is -2.00. The molecule has 20 heavy (non-hydrogen) atoms. The summed E-state index contributed by atoms with van der Waals surface area (Å²) in [7, 11) is -4.86. The molecule has 2 aromatic carbocycles. The second-order valence-corrected chi connectivity index (χ2v) is 5.47. The predicted molar refractivity (Wildman–Crippen MR) is 73.4 cm³/mol. The molecule has 0 atom stereocenters. The number of hydrogen-bond donors (Lipinski definition) is 2. The van der Waals surface area contributed by atoms with Gasteiger partial charge in [0.05, 0.1) is 0 Å². The summed E-state index contributed by atoms with van der Waals surface area (Å²) in [5.41, 5.74) is 1.10. The maximum absolute atomic E-state index is 12.9. The molecule has 2 N–H and O–H groups in total. The van der Waals surface area contributed by atoms with Gasteiger partial charge in [0.1, 0.15) is 16.4 Å². The third kappa shape index (κ3) is 3.58. The van der Waals surface area contributed by atoms with Gasteiger partial charge in [-0.05, 0) is 35.4 Å². The van der Waals surface area contributed by atoms with Gasteiger partial charge in [-0.3, -0.25) is 0 Å². The minimum absolute atomic E-state index is 0.130. The highest BCUT2D eigenvalue weighted by Gasteiger charge is 2.13. The molecule has 0 aromatic heterocycles. The first-order valence-electron chi connectivity index (χ1n) is 5.60. The molecule has 0 saturated carbocycles. The average molecular weight is 294 g/mol. The Kier molecular flexibility index (Phi) is 3.76. The van der Waals surface area contributed by atoms with Crippen LogP contribution in [0, 0.1) is 0 Å². The molecule has 0 aliphatic carbocycles. The molecule has 0 bridgehead atoms. The highest BCUT2D eigenvalue weighted by Crippen LogP contribution is 2.23. The van der Waals surface area contributed by atoms with Crippen molar-refractivity contribution in [2.24, 2.45) is 0 Å². The molecule has 0 aliphatic heterocycles. The molecule has 2 rings (SSSR count). The van der Waals surface area contributed by atoms with E-state index in [0.717, 1.165) is 17.7 Å². The summed E-state index contributed by atoms with van der Waals surface area (Å²) in [6.45, 7) is 0. The fourth-order valence-electron chi connectivity index (χ4n) is 1.62. The second kappa shape index (κ2) is 5.34. The van der Waals surface area contributed by atoms with Crippen molar-refractivity contribution >= 4 is 22.4 Å². The maximum atomic E-state index is 12.9. The van der Waals surface area contributed by atoms with Crippen molar-refractivity contribution in [3.63, 3.8) is 0 Å². The van der Waals surface area contributed by atoms with Gasteiger partial charge < -0.3 is 10.2 Å². The number of rotatable bonds is 3. The molecule has 0 saturated heterocycles. The Morgan fingerprint density at radius 1 is 0.850 bits per heavy atom. The Bertz CT molecular complexity index is 749. The topological polar surface area (TPSA) is 74.6 Å². The third-order valence-corrected chi connectivity index (χ3v) is 3.36. The lowest BCUT2D eigenvalue weighted by molar-refractivity contribution is 0.472. The quantitative estimate of drug-likeness (QED) is 0.674. The molecule has 2 aromatic rings. The normalized spacial score (nSPS) is 11.8. The zero-order valence-electron chi connectivity index (χ0n) is 10.2. The summed E-state index contributed by atoms with van der Waals surface area (Å²) in [4.78, 5) is -0.595. The van der Waals surface area contributed by atoms with E-state index >= 15 is 0 Å². The highest BCUT2D eigenvalue weighted by molar-refractivity contribution is 7.86. The van der Waals surface area contributed by atoms with Crippen LogP contribution in [0.15, 0.2) is 47.4 Å². The van der Waals surface area contributed by atoms with Gasteiger partial charge in [-0.1, -0.05) is 24.3 Å². The van der Waals surface area contributed by atoms with Crippen LogP contribution in [0.1, 0.15) is 11.1 Å². The minimum Gasteiger partial charge on any atom is -0.508 e. The van der Waals surface area contributed by atoms with E-state index < -0.39 is 15.1 Å². The summed E-state index contributed by atoms with van der Waals surface area (Å²) in [5.74, 6) is -0.209. The first kappa shape index (κ1) is 14.1. The smallest absolute Gasteiger partial charge is 0.332 e. The Balaban J connectivity index is 2.34. The first-order valence-corrected chi connectivity index (χ1v) is 6.99. The summed E-state index contributed by atoms with van der Waals surface area (Å²) >= 11 is 0. The van der Waals surface area contributed by atoms with Crippen LogP contribution in [-0.4, -0.2) is 18.6 Å². The molecular weight excluding hydrogens is 283 g/mol. The number of aromatic hydroxyl groups is 2. The molecule has 0 heterocycles. The molecule has 0 amide bonds. The van der Waals surface area contributed by atoms with Crippen molar-refractivity contribution in [1.82, 2.24) is 0 Å². The van der Waals surface area contributed by atoms with Gasteiger partial charge >= 0.3 is 10.2 Å². The zero-order valence-corrected chi connectivity index (χ0v) is 11.0. The standard InChI is InChI=1S/C14H11FO4S/c15-20(18,19)14-8-11(7-13(17)9-14)2-1-10-3-5-12(16)6-4-10/h1-9,16-17H/b2-1+. The molecule has 0 radical (unpaired) electrons. The van der Waals surface area contributed by atoms with E-state index in [1.165, 1.54) is 24.3 Å². The van der Waals surface area contributed by atoms with Crippen LogP contribution < -0.4 is 0 Å². The van der Waals surface area contributed by atoms with Crippen LogP contribution in [0.5, 0.6) is 11.5 Å². The third-order valence-electron chi connectivity index (χ3n) is 2.56. The van der Waals surface area contributed by atoms with Gasteiger partial charge in [-0.15, -0.1) is 3.89 Å². The van der Waals surface area contributed by atoms with Gasteiger partial charge in [-0.25, -0.2) is 0 Å². The van der Waals surface area contributed by atoms with E-state index in [0.29, 0.717) is 5.56 Å². The molecule has 0 fully saturated rings. The van der Waals surface area contributed by atoms with Crippen molar-refractivity contribution in [2.75, 3.05) is 0 Å². The van der Waals surface area contributed by atoms with Crippen molar-refractivity contribution in [2.45, 2.75) is 4.90 Å². The monoisotopic (exact) mass is 294 g/mol. The molecule has 6 heteroatoms. The molecule has 0 unspecified atom stereocenters. The Labute approximate surface area is 115 Å². The Hall–Kier alpha value is -2.34. The van der Waals surface area contributed by atoms with Gasteiger partial charge in [0, 0.05) is 6.07 Å². The average Bonchev–Trinajstić information content (AvgIpc) is 2.36. The largest absolute Gasteiger partial charge is 0.508 e. The van der Waals surface area contributed by atoms with Crippen LogP contribution in [-0.2, 0) is 10.2 Å². The number of benzene rings is 2. The van der Waals surface area contributed by atoms with Gasteiger partial charge in [0.2, 0.25) is 0 Å². The van der Waals surface area contributed by atoms with Crippen LogP contribution in [0.2, 0.25) is 0 Å². The number of phenols is 2. The lowest BCUT2D eigenvalue weighted by atomic mass is 10.1. The summed E-state index contributed by atoms with van der Waals surface area (Å²) in [6, 6.07) is 9.58. The molecule has 104 valence electrons. The van der Waals surface area contributed by atoms with Crippen LogP contribution >= 0.6 is 0 Å². The second-order valence-electron chi connectivity index (χ2n) is 4.12. The minimum atomic E-state index is -4.86. The fraction of sp³-hybridized carbons (Fsp3) is 0. The fourth-order valence-corrected chi connectivity index (χ4v) is 2.16. The molecule has 0 aliphatic rings. The van der Waals surface area contributed by atoms with Crippen LogP contribution in [0.3, 0.4) is 0 Å². The highest BCUT2D eigenvalue weighted by atomic mass is 32.3. The predicted octanol–water partition coefficient (Wildman–Crippen LogP) is 2.93. The van der Waals surface area contributed by atoms with E-state index in [4.69, 9.17) is 5.11 Å². The number of halogens is 1.